The molecular formula is C17H14ClN4O3S-. The van der Waals surface area contributed by atoms with Crippen molar-refractivity contribution in [3.8, 4) is 0 Å². The average molecular weight is 390 g/mol. The Balaban J connectivity index is 2.24. The number of pyridine rings is 2. The number of carbonyl (C=O) groups is 1. The molecular weight excluding hydrogens is 376 g/mol. The van der Waals surface area contributed by atoms with E-state index in [1.807, 2.05) is 6.92 Å². The molecule has 1 unspecified atom stereocenters. The van der Waals surface area contributed by atoms with Crippen LogP contribution in [0.4, 0.5) is 11.4 Å². The first-order chi connectivity index (χ1) is 12.3. The first-order valence-corrected chi connectivity index (χ1v) is 9.13. The molecule has 0 saturated carbocycles. The van der Waals surface area contributed by atoms with Crippen LogP contribution in [0.2, 0.25) is 5.02 Å². The Bertz CT molecular complexity index is 1040. The van der Waals surface area contributed by atoms with Crippen LogP contribution in [0.1, 0.15) is 21.5 Å². The van der Waals surface area contributed by atoms with Gasteiger partial charge in [-0.15, -0.1) is 0 Å². The van der Waals surface area contributed by atoms with Gasteiger partial charge in [0, 0.05) is 23.5 Å². The summed E-state index contributed by atoms with van der Waals surface area (Å²) in [6.45, 7) is 1.82. The highest BCUT2D eigenvalue weighted by atomic mass is 35.5. The summed E-state index contributed by atoms with van der Waals surface area (Å²) in [6, 6.07) is 5.08. The lowest BCUT2D eigenvalue weighted by Crippen LogP contribution is -2.14. The number of aryl methyl sites for hydroxylation is 1. The van der Waals surface area contributed by atoms with E-state index in [1.54, 1.807) is 24.4 Å². The van der Waals surface area contributed by atoms with Gasteiger partial charge in [0.2, 0.25) is 0 Å². The van der Waals surface area contributed by atoms with Gasteiger partial charge in [0.25, 0.3) is 5.91 Å². The number of aromatic nitrogens is 2. The van der Waals surface area contributed by atoms with Crippen molar-refractivity contribution in [1.82, 2.24) is 9.97 Å². The second-order valence-corrected chi connectivity index (χ2v) is 7.02. The number of nitrogens with one attached hydrogen (secondary N) is 1. The van der Waals surface area contributed by atoms with Gasteiger partial charge in [-0.3, -0.25) is 19.0 Å². The summed E-state index contributed by atoms with van der Waals surface area (Å²) in [7, 11) is 0. The number of hydrogen-bond donors (Lipinski definition) is 2. The van der Waals surface area contributed by atoms with Crippen molar-refractivity contribution in [1.29, 1.82) is 0 Å². The van der Waals surface area contributed by atoms with Crippen molar-refractivity contribution >= 4 is 50.9 Å². The van der Waals surface area contributed by atoms with Gasteiger partial charge in [-0.2, -0.15) is 0 Å². The molecule has 1 atom stereocenters. The first-order valence-electron chi connectivity index (χ1n) is 7.50. The predicted molar refractivity (Wildman–Crippen MR) is 100 cm³/mol. The molecule has 9 heteroatoms. The maximum atomic E-state index is 11.9. The summed E-state index contributed by atoms with van der Waals surface area (Å²) >= 11 is 3.72. The van der Waals surface area contributed by atoms with Gasteiger partial charge in [0.15, 0.2) is 0 Å². The molecule has 7 nitrogen and oxygen atoms in total. The second-order valence-electron chi connectivity index (χ2n) is 5.68. The third-order valence-electron chi connectivity index (χ3n) is 3.75. The fourth-order valence-electron chi connectivity index (χ4n) is 2.72. The van der Waals surface area contributed by atoms with Gasteiger partial charge in [0.05, 0.1) is 33.7 Å². The molecule has 134 valence electrons. The van der Waals surface area contributed by atoms with Gasteiger partial charge in [-0.1, -0.05) is 28.7 Å². The number of nitrogens with zero attached hydrogens (tertiary/aromatic N) is 2. The van der Waals surface area contributed by atoms with Crippen LogP contribution in [-0.4, -0.2) is 24.6 Å². The Morgan fingerprint density at radius 1 is 1.31 bits per heavy atom. The third kappa shape index (κ3) is 3.82. The van der Waals surface area contributed by atoms with Crippen LogP contribution in [0.15, 0.2) is 36.8 Å². The number of carbonyl (C=O) groups excluding carboxylic acids is 1. The molecule has 0 fully saturated rings. The topological polar surface area (TPSA) is 121 Å². The number of nitrogens with two attached hydrogens (primary N) is 1. The summed E-state index contributed by atoms with van der Waals surface area (Å²) in [4.78, 5) is 20.2. The Hall–Kier alpha value is -2.55. The van der Waals surface area contributed by atoms with Crippen molar-refractivity contribution in [3.63, 3.8) is 0 Å². The molecule has 3 N–H and O–H groups in total. The van der Waals surface area contributed by atoms with E-state index in [-0.39, 0.29) is 11.3 Å². The number of benzene rings is 1. The van der Waals surface area contributed by atoms with Crippen molar-refractivity contribution in [3.05, 3.63) is 58.5 Å². The Morgan fingerprint density at radius 2 is 2.08 bits per heavy atom. The molecule has 26 heavy (non-hydrogen) atoms. The summed E-state index contributed by atoms with van der Waals surface area (Å²) in [5, 5.41) is 4.11. The standard InChI is InChI=1S/C17H15ClN4O3S/c1-9-2-10(8-26(24)25)3-13-15(9)21-7-14(17(19)23)16(13)22-12-4-11(18)5-20-6-12/h2-7H,8H2,1H3,(H2,19,23)(H,21,22)(H,24,25)/p-1. The number of rotatable bonds is 5. The van der Waals surface area contributed by atoms with Crippen LogP contribution < -0.4 is 11.1 Å². The van der Waals surface area contributed by atoms with E-state index in [9.17, 15) is 13.6 Å². The van der Waals surface area contributed by atoms with Crippen LogP contribution >= 0.6 is 11.6 Å². The molecule has 0 aliphatic heterocycles. The number of amides is 1. The van der Waals surface area contributed by atoms with Gasteiger partial charge < -0.3 is 15.6 Å². The SMILES string of the molecule is Cc1cc(CS(=O)[O-])cc2c(Nc3cncc(Cl)c3)c(C(N)=O)cnc12. The largest absolute Gasteiger partial charge is 0.772 e. The average Bonchev–Trinajstić information content (AvgIpc) is 2.54. The minimum atomic E-state index is -2.24. The van der Waals surface area contributed by atoms with Crippen LogP contribution in [0.25, 0.3) is 10.9 Å². The molecule has 0 saturated heterocycles. The molecule has 0 bridgehead atoms. The van der Waals surface area contributed by atoms with Crippen LogP contribution in [0, 0.1) is 6.92 Å². The fourth-order valence-corrected chi connectivity index (χ4v) is 3.33. The predicted octanol–water partition coefficient (Wildman–Crippen LogP) is 2.81. The first kappa shape index (κ1) is 18.2. The van der Waals surface area contributed by atoms with E-state index >= 15 is 0 Å². The second kappa shape index (κ2) is 7.36. The van der Waals surface area contributed by atoms with E-state index < -0.39 is 17.0 Å². The number of fused-ring (bicyclic) bond motifs is 1. The lowest BCUT2D eigenvalue weighted by molar-refractivity contribution is 0.100. The highest BCUT2D eigenvalue weighted by Crippen LogP contribution is 2.32. The number of anilines is 2. The third-order valence-corrected chi connectivity index (χ3v) is 4.52. The van der Waals surface area contributed by atoms with E-state index in [4.69, 9.17) is 17.3 Å². The van der Waals surface area contributed by atoms with Gasteiger partial charge in [0.1, 0.15) is 0 Å². The lowest BCUT2D eigenvalue weighted by atomic mass is 10.0. The van der Waals surface area contributed by atoms with E-state index in [0.29, 0.717) is 32.9 Å². The van der Waals surface area contributed by atoms with Crippen molar-refractivity contribution in [2.75, 3.05) is 5.32 Å². The molecule has 0 spiro atoms. The molecule has 3 aromatic rings. The van der Waals surface area contributed by atoms with E-state index in [2.05, 4.69) is 15.3 Å². The quantitative estimate of drug-likeness (QED) is 0.647. The number of hydrogen-bond acceptors (Lipinski definition) is 6. The fraction of sp³-hybridized carbons (Fsp3) is 0.118. The molecule has 0 aliphatic rings. The molecule has 0 aliphatic carbocycles. The van der Waals surface area contributed by atoms with Crippen molar-refractivity contribution in [2.24, 2.45) is 5.73 Å². The molecule has 3 rings (SSSR count). The molecule has 2 heterocycles. The summed E-state index contributed by atoms with van der Waals surface area (Å²) < 4.78 is 22.2. The Kier molecular flexibility index (Phi) is 5.17. The smallest absolute Gasteiger partial charge is 0.252 e. The normalized spacial score (nSPS) is 12.1. The van der Waals surface area contributed by atoms with E-state index in [1.165, 1.54) is 12.4 Å². The maximum Gasteiger partial charge on any atom is 0.252 e. The highest BCUT2D eigenvalue weighted by molar-refractivity contribution is 7.78. The van der Waals surface area contributed by atoms with Crippen LogP contribution in [0.3, 0.4) is 0 Å². The maximum absolute atomic E-state index is 11.9. The molecule has 1 amide bonds. The zero-order valence-corrected chi connectivity index (χ0v) is 15.2. The van der Waals surface area contributed by atoms with Crippen molar-refractivity contribution in [2.45, 2.75) is 12.7 Å². The summed E-state index contributed by atoms with van der Waals surface area (Å²) in [5.41, 5.74) is 8.65. The Labute approximate surface area is 156 Å². The summed E-state index contributed by atoms with van der Waals surface area (Å²) in [5.74, 6) is -0.803. The minimum Gasteiger partial charge on any atom is -0.772 e. The number of halogens is 1. The molecule has 2 aromatic heterocycles. The van der Waals surface area contributed by atoms with Gasteiger partial charge in [-0.25, -0.2) is 0 Å². The van der Waals surface area contributed by atoms with Gasteiger partial charge in [-0.05, 0) is 30.2 Å². The van der Waals surface area contributed by atoms with Gasteiger partial charge >= 0.3 is 0 Å². The van der Waals surface area contributed by atoms with Crippen LogP contribution in [0.5, 0.6) is 0 Å². The monoisotopic (exact) mass is 389 g/mol. The highest BCUT2D eigenvalue weighted by Gasteiger charge is 2.16. The van der Waals surface area contributed by atoms with Crippen LogP contribution in [-0.2, 0) is 16.8 Å². The minimum absolute atomic E-state index is 0.143. The zero-order valence-electron chi connectivity index (χ0n) is 13.7. The Morgan fingerprint density at radius 3 is 2.73 bits per heavy atom. The molecule has 1 aromatic carbocycles. The molecule has 0 radical (unpaired) electrons. The summed E-state index contributed by atoms with van der Waals surface area (Å²) in [6.07, 6.45) is 4.42. The zero-order chi connectivity index (χ0) is 18.8. The van der Waals surface area contributed by atoms with E-state index in [0.717, 1.165) is 5.56 Å². The number of primary amides is 1. The lowest BCUT2D eigenvalue weighted by Gasteiger charge is -2.16. The van der Waals surface area contributed by atoms with Crippen molar-refractivity contribution < 1.29 is 13.6 Å².